The van der Waals surface area contributed by atoms with Crippen LogP contribution in [0, 0.1) is 10.8 Å². The zero-order valence-electron chi connectivity index (χ0n) is 8.28. The van der Waals surface area contributed by atoms with Crippen molar-refractivity contribution >= 4 is 0 Å². The van der Waals surface area contributed by atoms with Crippen LogP contribution in [0.25, 0.3) is 0 Å². The van der Waals surface area contributed by atoms with Crippen molar-refractivity contribution in [1.29, 1.82) is 0 Å². The zero-order chi connectivity index (χ0) is 8.54. The number of fused-ring (bicyclic) bond motifs is 2. The largest absolute Gasteiger partial charge is 0.0820 e. The summed E-state index contributed by atoms with van der Waals surface area (Å²) in [5.74, 6) is 0. The first kappa shape index (κ1) is 8.83. The van der Waals surface area contributed by atoms with Crippen molar-refractivity contribution in [2.24, 2.45) is 10.8 Å². The number of allylic oxidation sites excluding steroid dienone is 2. The molecule has 2 unspecified atom stereocenters. The molecule has 1 fully saturated rings. The van der Waals surface area contributed by atoms with Gasteiger partial charge in [0.15, 0.2) is 0 Å². The molecule has 0 aromatic carbocycles. The van der Waals surface area contributed by atoms with Crippen LogP contribution in [-0.2, 0) is 0 Å². The molecule has 0 heteroatoms. The number of hydrogen-bond donors (Lipinski definition) is 0. The van der Waals surface area contributed by atoms with Gasteiger partial charge in [0, 0.05) is 0 Å². The Morgan fingerprint density at radius 2 is 1.27 bits per heavy atom. The summed E-state index contributed by atoms with van der Waals surface area (Å²) in [7, 11) is 0. The van der Waals surface area contributed by atoms with Gasteiger partial charge in [-0.2, -0.15) is 0 Å². The van der Waals surface area contributed by atoms with E-state index >= 15 is 0 Å². The first-order valence-electron chi connectivity index (χ1n) is 4.82. The molecule has 64 valence electrons. The predicted molar refractivity (Wildman–Crippen MR) is 50.6 cm³/mol. The molecule has 0 aromatic rings. The van der Waals surface area contributed by atoms with E-state index in [1.807, 2.05) is 13.8 Å². The van der Waals surface area contributed by atoms with Crippen molar-refractivity contribution in [1.82, 2.24) is 0 Å². The molecule has 0 spiro atoms. The summed E-state index contributed by atoms with van der Waals surface area (Å²) in [4.78, 5) is 0. The minimum absolute atomic E-state index is 0.592. The second kappa shape index (κ2) is 2.66. The summed E-state index contributed by atoms with van der Waals surface area (Å²) in [6.45, 7) is 8.75. The van der Waals surface area contributed by atoms with Crippen LogP contribution in [0.2, 0.25) is 0 Å². The normalized spacial score (nSPS) is 45.5. The molecular formula is C11H20. The standard InChI is InChI=1S/C9H14.C2H6/c1-8-3-5-9(2,7-8)6-4-8;1-2/h3,5H,4,6-7H2,1-2H3;1-2H3. The van der Waals surface area contributed by atoms with Gasteiger partial charge in [0.05, 0.1) is 0 Å². The molecule has 0 N–H and O–H groups in total. The Morgan fingerprint density at radius 1 is 0.909 bits per heavy atom. The molecule has 11 heavy (non-hydrogen) atoms. The van der Waals surface area contributed by atoms with Gasteiger partial charge in [0.25, 0.3) is 0 Å². The van der Waals surface area contributed by atoms with E-state index in [2.05, 4.69) is 26.0 Å². The van der Waals surface area contributed by atoms with Crippen LogP contribution in [0.5, 0.6) is 0 Å². The third-order valence-electron chi connectivity index (χ3n) is 2.96. The van der Waals surface area contributed by atoms with Crippen LogP contribution in [0.3, 0.4) is 0 Å². The van der Waals surface area contributed by atoms with Gasteiger partial charge in [-0.3, -0.25) is 0 Å². The molecule has 0 nitrogen and oxygen atoms in total. The van der Waals surface area contributed by atoms with E-state index in [9.17, 15) is 0 Å². The molecule has 2 bridgehead atoms. The highest BCUT2D eigenvalue weighted by atomic mass is 14.5. The first-order valence-corrected chi connectivity index (χ1v) is 4.82. The first-order chi connectivity index (χ1) is 5.12. The molecule has 2 aliphatic rings. The Labute approximate surface area is 70.7 Å². The van der Waals surface area contributed by atoms with Crippen molar-refractivity contribution in [3.8, 4) is 0 Å². The van der Waals surface area contributed by atoms with E-state index in [1.54, 1.807) is 0 Å². The van der Waals surface area contributed by atoms with Gasteiger partial charge in [0.1, 0.15) is 0 Å². The van der Waals surface area contributed by atoms with Gasteiger partial charge in [0.2, 0.25) is 0 Å². The smallest absolute Gasteiger partial charge is 0.0138 e. The minimum atomic E-state index is 0.592. The summed E-state index contributed by atoms with van der Waals surface area (Å²) in [5, 5.41) is 0. The van der Waals surface area contributed by atoms with E-state index in [0.717, 1.165) is 0 Å². The summed E-state index contributed by atoms with van der Waals surface area (Å²) in [6, 6.07) is 0. The highest BCUT2D eigenvalue weighted by Crippen LogP contribution is 2.56. The molecule has 2 rings (SSSR count). The maximum Gasteiger partial charge on any atom is -0.0138 e. The van der Waals surface area contributed by atoms with Gasteiger partial charge < -0.3 is 0 Å². The summed E-state index contributed by atoms with van der Waals surface area (Å²) >= 11 is 0. The highest BCUT2D eigenvalue weighted by molar-refractivity contribution is 5.19. The van der Waals surface area contributed by atoms with E-state index < -0.39 is 0 Å². The van der Waals surface area contributed by atoms with Gasteiger partial charge in [-0.1, -0.05) is 39.8 Å². The fourth-order valence-corrected chi connectivity index (χ4v) is 2.36. The second-order valence-electron chi connectivity index (χ2n) is 4.32. The van der Waals surface area contributed by atoms with Crippen molar-refractivity contribution < 1.29 is 0 Å². The molecule has 0 aliphatic heterocycles. The van der Waals surface area contributed by atoms with Crippen LogP contribution in [0.1, 0.15) is 47.0 Å². The van der Waals surface area contributed by atoms with Crippen molar-refractivity contribution in [3.05, 3.63) is 12.2 Å². The number of rotatable bonds is 0. The maximum atomic E-state index is 2.41. The molecule has 0 saturated heterocycles. The van der Waals surface area contributed by atoms with Gasteiger partial charge in [-0.15, -0.1) is 0 Å². The van der Waals surface area contributed by atoms with Crippen molar-refractivity contribution in [2.75, 3.05) is 0 Å². The molecule has 0 amide bonds. The third kappa shape index (κ3) is 1.50. The van der Waals surface area contributed by atoms with Gasteiger partial charge >= 0.3 is 0 Å². The quantitative estimate of drug-likeness (QED) is 0.463. The molecule has 0 radical (unpaired) electrons. The van der Waals surface area contributed by atoms with Crippen LogP contribution >= 0.6 is 0 Å². The van der Waals surface area contributed by atoms with Gasteiger partial charge in [-0.05, 0) is 30.1 Å². The van der Waals surface area contributed by atoms with Crippen molar-refractivity contribution in [2.45, 2.75) is 47.0 Å². The summed E-state index contributed by atoms with van der Waals surface area (Å²) in [6.07, 6.45) is 9.06. The summed E-state index contributed by atoms with van der Waals surface area (Å²) in [5.41, 5.74) is 1.18. The second-order valence-corrected chi connectivity index (χ2v) is 4.32. The molecular weight excluding hydrogens is 132 g/mol. The molecule has 0 aromatic heterocycles. The lowest BCUT2D eigenvalue weighted by molar-refractivity contribution is 0.413. The van der Waals surface area contributed by atoms with E-state index in [-0.39, 0.29) is 0 Å². The van der Waals surface area contributed by atoms with Crippen molar-refractivity contribution in [3.63, 3.8) is 0 Å². The molecule has 2 atom stereocenters. The molecule has 2 aliphatic carbocycles. The highest BCUT2D eigenvalue weighted by Gasteiger charge is 2.44. The van der Waals surface area contributed by atoms with E-state index in [0.29, 0.717) is 10.8 Å². The number of hydrogen-bond acceptors (Lipinski definition) is 0. The third-order valence-corrected chi connectivity index (χ3v) is 2.96. The SMILES string of the molecule is CC.CC12C=CC(C)(CC1)C2. The Hall–Kier alpha value is -0.260. The fraction of sp³-hybridized carbons (Fsp3) is 0.818. The van der Waals surface area contributed by atoms with Gasteiger partial charge in [-0.25, -0.2) is 0 Å². The minimum Gasteiger partial charge on any atom is -0.0820 e. The zero-order valence-corrected chi connectivity index (χ0v) is 8.28. The van der Waals surface area contributed by atoms with E-state index in [1.165, 1.54) is 19.3 Å². The lowest BCUT2D eigenvalue weighted by Crippen LogP contribution is -2.03. The molecule has 1 saturated carbocycles. The van der Waals surface area contributed by atoms with Crippen LogP contribution in [-0.4, -0.2) is 0 Å². The Bertz CT molecular complexity index is 151. The average Bonchev–Trinajstić information content (AvgIpc) is 2.44. The fourth-order valence-electron chi connectivity index (χ4n) is 2.36. The predicted octanol–water partition coefficient (Wildman–Crippen LogP) is 3.78. The maximum absolute atomic E-state index is 2.41. The lowest BCUT2D eigenvalue weighted by Gasteiger charge is -2.14. The average molecular weight is 152 g/mol. The Morgan fingerprint density at radius 3 is 1.36 bits per heavy atom. The van der Waals surface area contributed by atoms with Crippen LogP contribution in [0.4, 0.5) is 0 Å². The van der Waals surface area contributed by atoms with Crippen LogP contribution < -0.4 is 0 Å². The van der Waals surface area contributed by atoms with Crippen LogP contribution in [0.15, 0.2) is 12.2 Å². The van der Waals surface area contributed by atoms with E-state index in [4.69, 9.17) is 0 Å². The monoisotopic (exact) mass is 152 g/mol. The topological polar surface area (TPSA) is 0 Å². The lowest BCUT2D eigenvalue weighted by atomic mass is 9.91. The Balaban J connectivity index is 0.000000281. The molecule has 0 heterocycles. The summed E-state index contributed by atoms with van der Waals surface area (Å²) < 4.78 is 0. The Kier molecular flexibility index (Phi) is 2.13.